The van der Waals surface area contributed by atoms with Crippen molar-refractivity contribution in [2.45, 2.75) is 25.7 Å². The van der Waals surface area contributed by atoms with Crippen LogP contribution in [0.2, 0.25) is 0 Å². The third kappa shape index (κ3) is 3.80. The van der Waals surface area contributed by atoms with Crippen LogP contribution in [0.3, 0.4) is 0 Å². The SMILES string of the molecule is CSC(=S)[C@@H](CCC(C)=O)c1ccoc1. The summed E-state index contributed by atoms with van der Waals surface area (Å²) >= 11 is 6.85. The predicted octanol–water partition coefficient (Wildman–Crippen LogP) is 3.42. The van der Waals surface area contributed by atoms with Gasteiger partial charge in [0, 0.05) is 12.3 Å². The number of thiocarbonyl (C=S) groups is 1. The minimum atomic E-state index is 0.151. The standard InChI is InChI=1S/C11H14O2S2/c1-8(12)3-4-10(11(14)15-2)9-5-6-13-7-9/h5-7,10H,3-4H2,1-2H3/t10-/m0/s1. The smallest absolute Gasteiger partial charge is 0.129 e. The molecule has 0 N–H and O–H groups in total. The second kappa shape index (κ2) is 6.08. The lowest BCUT2D eigenvalue weighted by Crippen LogP contribution is -2.08. The molecule has 15 heavy (non-hydrogen) atoms. The lowest BCUT2D eigenvalue weighted by molar-refractivity contribution is -0.117. The van der Waals surface area contributed by atoms with E-state index in [1.54, 1.807) is 31.2 Å². The summed E-state index contributed by atoms with van der Waals surface area (Å²) in [5, 5.41) is 0. The quantitative estimate of drug-likeness (QED) is 0.740. The summed E-state index contributed by atoms with van der Waals surface area (Å²) < 4.78 is 5.96. The topological polar surface area (TPSA) is 30.2 Å². The molecule has 0 bridgehead atoms. The van der Waals surface area contributed by atoms with Crippen molar-refractivity contribution >= 4 is 34.0 Å². The summed E-state index contributed by atoms with van der Waals surface area (Å²) in [4.78, 5) is 11.0. The number of ketones is 1. The maximum absolute atomic E-state index is 11.0. The van der Waals surface area contributed by atoms with Gasteiger partial charge in [-0.25, -0.2) is 0 Å². The molecule has 0 aliphatic heterocycles. The van der Waals surface area contributed by atoms with Crippen molar-refractivity contribution in [1.29, 1.82) is 0 Å². The first-order chi connectivity index (χ1) is 7.15. The minimum absolute atomic E-state index is 0.151. The number of furan rings is 1. The third-order valence-corrected chi connectivity index (χ3v) is 3.69. The molecule has 0 aliphatic carbocycles. The van der Waals surface area contributed by atoms with Crippen LogP contribution in [0.1, 0.15) is 31.2 Å². The Labute approximate surface area is 99.4 Å². The van der Waals surface area contributed by atoms with Crippen LogP contribution in [0.5, 0.6) is 0 Å². The maximum atomic E-state index is 11.0. The number of rotatable bonds is 5. The van der Waals surface area contributed by atoms with E-state index < -0.39 is 0 Å². The Bertz CT molecular complexity index is 330. The zero-order chi connectivity index (χ0) is 11.3. The highest BCUT2D eigenvalue weighted by Crippen LogP contribution is 2.28. The van der Waals surface area contributed by atoms with Crippen LogP contribution in [-0.4, -0.2) is 16.2 Å². The molecule has 1 heterocycles. The van der Waals surface area contributed by atoms with E-state index >= 15 is 0 Å². The Balaban J connectivity index is 2.70. The van der Waals surface area contributed by atoms with Gasteiger partial charge in [-0.2, -0.15) is 0 Å². The number of hydrogen-bond acceptors (Lipinski definition) is 4. The van der Waals surface area contributed by atoms with Gasteiger partial charge in [0.2, 0.25) is 0 Å². The number of carbonyl (C=O) groups excluding carboxylic acids is 1. The van der Waals surface area contributed by atoms with E-state index in [9.17, 15) is 4.79 Å². The molecule has 4 heteroatoms. The highest BCUT2D eigenvalue weighted by atomic mass is 32.2. The molecule has 0 aliphatic rings. The zero-order valence-electron chi connectivity index (χ0n) is 8.86. The highest BCUT2D eigenvalue weighted by molar-refractivity contribution is 8.22. The summed E-state index contributed by atoms with van der Waals surface area (Å²) in [6.45, 7) is 1.61. The molecule has 1 aromatic heterocycles. The molecular formula is C11H14O2S2. The van der Waals surface area contributed by atoms with Crippen molar-refractivity contribution in [3.63, 3.8) is 0 Å². The van der Waals surface area contributed by atoms with Crippen LogP contribution in [0, 0.1) is 0 Å². The van der Waals surface area contributed by atoms with Crippen LogP contribution in [-0.2, 0) is 4.79 Å². The number of carbonyl (C=O) groups is 1. The van der Waals surface area contributed by atoms with E-state index in [0.29, 0.717) is 6.42 Å². The molecule has 1 rings (SSSR count). The normalized spacial score (nSPS) is 12.4. The van der Waals surface area contributed by atoms with Crippen molar-refractivity contribution in [3.05, 3.63) is 24.2 Å². The molecular weight excluding hydrogens is 228 g/mol. The predicted molar refractivity (Wildman–Crippen MR) is 67.5 cm³/mol. The second-order valence-electron chi connectivity index (χ2n) is 3.37. The van der Waals surface area contributed by atoms with Gasteiger partial charge in [0.1, 0.15) is 5.78 Å². The molecule has 0 spiro atoms. The Kier molecular flexibility index (Phi) is 5.05. The fourth-order valence-electron chi connectivity index (χ4n) is 1.38. The lowest BCUT2D eigenvalue weighted by atomic mass is 9.97. The van der Waals surface area contributed by atoms with Gasteiger partial charge in [-0.05, 0) is 31.2 Å². The monoisotopic (exact) mass is 242 g/mol. The van der Waals surface area contributed by atoms with Crippen LogP contribution in [0.4, 0.5) is 0 Å². The Morgan fingerprint density at radius 3 is 2.87 bits per heavy atom. The number of hydrogen-bond donors (Lipinski definition) is 0. The van der Waals surface area contributed by atoms with Crippen molar-refractivity contribution in [2.75, 3.05) is 6.26 Å². The first kappa shape index (κ1) is 12.5. The van der Waals surface area contributed by atoms with Gasteiger partial charge >= 0.3 is 0 Å². The fraction of sp³-hybridized carbons (Fsp3) is 0.455. The van der Waals surface area contributed by atoms with Crippen molar-refractivity contribution in [1.82, 2.24) is 0 Å². The average molecular weight is 242 g/mol. The summed E-state index contributed by atoms with van der Waals surface area (Å²) in [5.41, 5.74) is 1.07. The highest BCUT2D eigenvalue weighted by Gasteiger charge is 2.17. The molecule has 82 valence electrons. The summed E-state index contributed by atoms with van der Waals surface area (Å²) in [5.74, 6) is 0.352. The molecule has 0 unspecified atom stereocenters. The van der Waals surface area contributed by atoms with Crippen LogP contribution in [0.25, 0.3) is 0 Å². The van der Waals surface area contributed by atoms with Gasteiger partial charge in [-0.15, -0.1) is 11.8 Å². The van der Waals surface area contributed by atoms with Crippen LogP contribution < -0.4 is 0 Å². The Morgan fingerprint density at radius 2 is 2.40 bits per heavy atom. The van der Waals surface area contributed by atoms with Gasteiger partial charge < -0.3 is 9.21 Å². The summed E-state index contributed by atoms with van der Waals surface area (Å²) in [6.07, 6.45) is 6.64. The molecule has 2 nitrogen and oxygen atoms in total. The van der Waals surface area contributed by atoms with Gasteiger partial charge in [-0.1, -0.05) is 12.2 Å². The largest absolute Gasteiger partial charge is 0.472 e. The molecule has 0 aromatic carbocycles. The second-order valence-corrected chi connectivity index (χ2v) is 4.92. The molecule has 0 amide bonds. The van der Waals surface area contributed by atoms with Gasteiger partial charge in [0.15, 0.2) is 0 Å². The van der Waals surface area contributed by atoms with Gasteiger partial charge in [0.25, 0.3) is 0 Å². The lowest BCUT2D eigenvalue weighted by Gasteiger charge is -2.13. The molecule has 0 saturated heterocycles. The number of thioether (sulfide) groups is 1. The fourth-order valence-corrected chi connectivity index (χ4v) is 2.18. The van der Waals surface area contributed by atoms with E-state index in [-0.39, 0.29) is 11.7 Å². The average Bonchev–Trinajstić information content (AvgIpc) is 2.70. The van der Waals surface area contributed by atoms with Crippen LogP contribution in [0.15, 0.2) is 23.0 Å². The zero-order valence-corrected chi connectivity index (χ0v) is 10.5. The van der Waals surface area contributed by atoms with E-state index in [1.165, 1.54) is 0 Å². The minimum Gasteiger partial charge on any atom is -0.472 e. The first-order valence-electron chi connectivity index (χ1n) is 4.74. The van der Waals surface area contributed by atoms with E-state index in [2.05, 4.69) is 0 Å². The molecule has 0 fully saturated rings. The number of Topliss-reactive ketones (excluding diaryl/α,β-unsaturated/α-hetero) is 1. The van der Waals surface area contributed by atoms with Crippen molar-refractivity contribution in [3.8, 4) is 0 Å². The van der Waals surface area contributed by atoms with Crippen molar-refractivity contribution < 1.29 is 9.21 Å². The Hall–Kier alpha value is -0.610. The molecule has 1 atom stereocenters. The summed E-state index contributed by atoms with van der Waals surface area (Å²) in [6, 6.07) is 1.91. The van der Waals surface area contributed by atoms with E-state index in [0.717, 1.165) is 16.2 Å². The maximum Gasteiger partial charge on any atom is 0.129 e. The summed E-state index contributed by atoms with van der Waals surface area (Å²) in [7, 11) is 0. The van der Waals surface area contributed by atoms with E-state index in [4.69, 9.17) is 16.6 Å². The first-order valence-corrected chi connectivity index (χ1v) is 6.37. The van der Waals surface area contributed by atoms with Crippen LogP contribution >= 0.6 is 24.0 Å². The molecule has 0 radical (unpaired) electrons. The van der Waals surface area contributed by atoms with E-state index in [1.807, 2.05) is 12.3 Å². The third-order valence-electron chi connectivity index (χ3n) is 2.22. The van der Waals surface area contributed by atoms with Gasteiger partial charge in [0.05, 0.1) is 16.7 Å². The van der Waals surface area contributed by atoms with Gasteiger partial charge in [-0.3, -0.25) is 0 Å². The Morgan fingerprint density at radius 1 is 1.67 bits per heavy atom. The van der Waals surface area contributed by atoms with Crippen molar-refractivity contribution in [2.24, 2.45) is 0 Å². The molecule has 0 saturated carbocycles. The molecule has 1 aromatic rings.